The summed E-state index contributed by atoms with van der Waals surface area (Å²) < 4.78 is 1.85. The number of rotatable bonds is 8. The highest BCUT2D eigenvalue weighted by Gasteiger charge is 2.21. The number of hydrogen-bond acceptors (Lipinski definition) is 6. The van der Waals surface area contributed by atoms with Crippen LogP contribution in [0.1, 0.15) is 20.8 Å². The highest BCUT2D eigenvalue weighted by molar-refractivity contribution is 8.00. The summed E-state index contributed by atoms with van der Waals surface area (Å²) in [5.41, 5.74) is 2.72. The molecule has 9 heteroatoms. The minimum atomic E-state index is -0.569. The molecule has 0 fully saturated rings. The maximum absolute atomic E-state index is 12.4. The van der Waals surface area contributed by atoms with Gasteiger partial charge < -0.3 is 14.8 Å². The van der Waals surface area contributed by atoms with Crippen LogP contribution in [0.25, 0.3) is 11.4 Å². The van der Waals surface area contributed by atoms with Crippen LogP contribution in [0.3, 0.4) is 0 Å². The zero-order valence-electron chi connectivity index (χ0n) is 18.7. The van der Waals surface area contributed by atoms with Crippen molar-refractivity contribution in [1.82, 2.24) is 20.1 Å². The average molecular weight is 453 g/mol. The molecule has 1 aromatic heterocycles. The van der Waals surface area contributed by atoms with Crippen molar-refractivity contribution < 1.29 is 9.59 Å². The molecule has 3 aromatic rings. The van der Waals surface area contributed by atoms with Crippen molar-refractivity contribution in [2.75, 3.05) is 23.3 Å². The molecule has 0 saturated heterocycles. The van der Waals surface area contributed by atoms with Crippen LogP contribution in [0.15, 0.2) is 59.8 Å². The minimum Gasteiger partial charge on any atom is -0.372 e. The summed E-state index contributed by atoms with van der Waals surface area (Å²) in [7, 11) is 1.86. The zero-order chi connectivity index (χ0) is 23.1. The van der Waals surface area contributed by atoms with Gasteiger partial charge in [0.05, 0.1) is 5.25 Å². The Morgan fingerprint density at radius 2 is 1.69 bits per heavy atom. The maximum atomic E-state index is 12.4. The SMILES string of the molecule is CCN(CC)c1ccc(-c2nnc(SC(C)C(=O)NC(=O)Nc3ccccc3)n2C)cc1. The van der Waals surface area contributed by atoms with Crippen molar-refractivity contribution in [2.24, 2.45) is 7.05 Å². The first kappa shape index (κ1) is 23.3. The summed E-state index contributed by atoms with van der Waals surface area (Å²) in [4.78, 5) is 26.8. The lowest BCUT2D eigenvalue weighted by molar-refractivity contribution is -0.119. The monoisotopic (exact) mass is 452 g/mol. The number of urea groups is 1. The first-order chi connectivity index (χ1) is 15.4. The number of hydrogen-bond donors (Lipinski definition) is 2. The van der Waals surface area contributed by atoms with Gasteiger partial charge >= 0.3 is 6.03 Å². The van der Waals surface area contributed by atoms with E-state index < -0.39 is 17.2 Å². The Morgan fingerprint density at radius 3 is 2.31 bits per heavy atom. The number of benzene rings is 2. The number of nitrogens with one attached hydrogen (secondary N) is 2. The molecule has 32 heavy (non-hydrogen) atoms. The van der Waals surface area contributed by atoms with Crippen LogP contribution in [0.4, 0.5) is 16.2 Å². The lowest BCUT2D eigenvalue weighted by atomic mass is 10.2. The van der Waals surface area contributed by atoms with E-state index in [9.17, 15) is 9.59 Å². The topological polar surface area (TPSA) is 92.2 Å². The molecule has 0 aliphatic rings. The second-order valence-electron chi connectivity index (χ2n) is 7.15. The predicted molar refractivity (Wildman–Crippen MR) is 129 cm³/mol. The van der Waals surface area contributed by atoms with Gasteiger partial charge in [0, 0.05) is 37.1 Å². The first-order valence-electron chi connectivity index (χ1n) is 10.5. The lowest BCUT2D eigenvalue weighted by Crippen LogP contribution is -2.38. The van der Waals surface area contributed by atoms with Crippen LogP contribution in [0.5, 0.6) is 0 Å². The number of anilines is 2. The molecular weight excluding hydrogens is 424 g/mol. The summed E-state index contributed by atoms with van der Waals surface area (Å²) in [6.07, 6.45) is 0. The predicted octanol–water partition coefficient (Wildman–Crippen LogP) is 4.16. The summed E-state index contributed by atoms with van der Waals surface area (Å²) >= 11 is 1.25. The zero-order valence-corrected chi connectivity index (χ0v) is 19.5. The van der Waals surface area contributed by atoms with E-state index in [0.29, 0.717) is 16.7 Å². The molecule has 0 aliphatic carbocycles. The molecule has 0 bridgehead atoms. The van der Waals surface area contributed by atoms with Crippen LogP contribution < -0.4 is 15.5 Å². The molecule has 2 N–H and O–H groups in total. The van der Waals surface area contributed by atoms with Crippen LogP contribution in [0.2, 0.25) is 0 Å². The molecule has 0 spiro atoms. The summed E-state index contributed by atoms with van der Waals surface area (Å²) in [5, 5.41) is 13.6. The van der Waals surface area contributed by atoms with Crippen LogP contribution in [-0.4, -0.2) is 45.0 Å². The summed E-state index contributed by atoms with van der Waals surface area (Å²) in [5.74, 6) is 0.310. The molecular formula is C23H28N6O2S. The number of nitrogens with zero attached hydrogens (tertiary/aromatic N) is 4. The third-order valence-electron chi connectivity index (χ3n) is 5.01. The van der Waals surface area contributed by atoms with E-state index in [2.05, 4.69) is 51.7 Å². The van der Waals surface area contributed by atoms with Crippen molar-refractivity contribution in [3.63, 3.8) is 0 Å². The van der Waals surface area contributed by atoms with E-state index in [1.165, 1.54) is 11.8 Å². The quantitative estimate of drug-likeness (QED) is 0.499. The van der Waals surface area contributed by atoms with Gasteiger partial charge in [-0.3, -0.25) is 10.1 Å². The third kappa shape index (κ3) is 5.67. The highest BCUT2D eigenvalue weighted by atomic mass is 32.2. The number of carbonyl (C=O) groups is 2. The fourth-order valence-electron chi connectivity index (χ4n) is 3.19. The average Bonchev–Trinajstić information content (AvgIpc) is 3.15. The van der Waals surface area contributed by atoms with E-state index in [4.69, 9.17) is 0 Å². The van der Waals surface area contributed by atoms with E-state index in [1.54, 1.807) is 31.2 Å². The maximum Gasteiger partial charge on any atom is 0.325 e. The number of imide groups is 1. The largest absolute Gasteiger partial charge is 0.372 e. The van der Waals surface area contributed by atoms with E-state index in [-0.39, 0.29) is 0 Å². The second-order valence-corrected chi connectivity index (χ2v) is 8.46. The Labute approximate surface area is 192 Å². The Kier molecular flexibility index (Phi) is 7.88. The number of amides is 3. The third-order valence-corrected chi connectivity index (χ3v) is 6.14. The van der Waals surface area contributed by atoms with Crippen molar-refractivity contribution in [3.8, 4) is 11.4 Å². The number of carbonyl (C=O) groups excluding carboxylic acids is 2. The van der Waals surface area contributed by atoms with Gasteiger partial charge in [-0.2, -0.15) is 0 Å². The Bertz CT molecular complexity index is 1050. The molecule has 3 amide bonds. The fraction of sp³-hybridized carbons (Fsp3) is 0.304. The van der Waals surface area contributed by atoms with Crippen LogP contribution >= 0.6 is 11.8 Å². The lowest BCUT2D eigenvalue weighted by Gasteiger charge is -2.21. The number of aromatic nitrogens is 3. The molecule has 1 heterocycles. The van der Waals surface area contributed by atoms with Gasteiger partial charge in [0.15, 0.2) is 11.0 Å². The number of thioether (sulfide) groups is 1. The molecule has 168 valence electrons. The summed E-state index contributed by atoms with van der Waals surface area (Å²) in [6, 6.07) is 16.6. The van der Waals surface area contributed by atoms with Crippen molar-refractivity contribution >= 4 is 35.1 Å². The fourth-order valence-corrected chi connectivity index (χ4v) is 4.00. The Morgan fingerprint density at radius 1 is 1.03 bits per heavy atom. The van der Waals surface area contributed by atoms with Gasteiger partial charge in [0.25, 0.3) is 0 Å². The van der Waals surface area contributed by atoms with Crippen LogP contribution in [-0.2, 0) is 11.8 Å². The van der Waals surface area contributed by atoms with Gasteiger partial charge in [0.1, 0.15) is 0 Å². The van der Waals surface area contributed by atoms with Crippen molar-refractivity contribution in [2.45, 2.75) is 31.2 Å². The van der Waals surface area contributed by atoms with Crippen molar-refractivity contribution in [1.29, 1.82) is 0 Å². The van der Waals surface area contributed by atoms with E-state index in [0.717, 1.165) is 24.3 Å². The Balaban J connectivity index is 1.62. The summed E-state index contributed by atoms with van der Waals surface area (Å²) in [6.45, 7) is 7.88. The molecule has 3 rings (SSSR count). The highest BCUT2D eigenvalue weighted by Crippen LogP contribution is 2.27. The number of para-hydroxylation sites is 1. The van der Waals surface area contributed by atoms with E-state index in [1.807, 2.05) is 29.8 Å². The first-order valence-corrected chi connectivity index (χ1v) is 11.4. The minimum absolute atomic E-state index is 0.406. The molecule has 2 aromatic carbocycles. The molecule has 1 atom stereocenters. The van der Waals surface area contributed by atoms with Gasteiger partial charge in [0.2, 0.25) is 5.91 Å². The molecule has 0 saturated carbocycles. The Hall–Kier alpha value is -3.33. The standard InChI is InChI=1S/C23H28N6O2S/c1-5-29(6-2)19-14-12-17(13-15-19)20-26-27-23(28(20)4)32-16(3)21(30)25-22(31)24-18-10-8-7-9-11-18/h7-16H,5-6H2,1-4H3,(H2,24,25,30,31). The normalized spacial score (nSPS) is 11.6. The van der Waals surface area contributed by atoms with Gasteiger partial charge in [-0.1, -0.05) is 30.0 Å². The van der Waals surface area contributed by atoms with E-state index >= 15 is 0 Å². The molecule has 8 nitrogen and oxygen atoms in total. The molecule has 0 radical (unpaired) electrons. The van der Waals surface area contributed by atoms with Crippen molar-refractivity contribution in [3.05, 3.63) is 54.6 Å². The van der Waals surface area contributed by atoms with Crippen LogP contribution in [0, 0.1) is 0 Å². The van der Waals surface area contributed by atoms with Gasteiger partial charge in [-0.05, 0) is 57.2 Å². The molecule has 1 unspecified atom stereocenters. The van der Waals surface area contributed by atoms with Gasteiger partial charge in [-0.25, -0.2) is 4.79 Å². The smallest absolute Gasteiger partial charge is 0.325 e. The van der Waals surface area contributed by atoms with Gasteiger partial charge in [-0.15, -0.1) is 10.2 Å². The second kappa shape index (κ2) is 10.8. The molecule has 0 aliphatic heterocycles.